The van der Waals surface area contributed by atoms with E-state index in [0.717, 1.165) is 18.2 Å². The summed E-state index contributed by atoms with van der Waals surface area (Å²) >= 11 is 4.89. The molecule has 0 heterocycles. The van der Waals surface area contributed by atoms with Crippen molar-refractivity contribution in [3.8, 4) is 0 Å². The molecule has 0 aromatic rings. The van der Waals surface area contributed by atoms with Crippen LogP contribution in [0.4, 0.5) is 0 Å². The second kappa shape index (κ2) is 8.42. The molecular weight excluding hydrogens is 278 g/mol. The van der Waals surface area contributed by atoms with Crippen LogP contribution in [0.25, 0.3) is 0 Å². The van der Waals surface area contributed by atoms with Crippen LogP contribution in [-0.4, -0.2) is 40.5 Å². The monoisotopic (exact) mass is 297 g/mol. The molecule has 5 heteroatoms. The van der Waals surface area contributed by atoms with Crippen LogP contribution in [0.1, 0.15) is 26.2 Å². The van der Waals surface area contributed by atoms with E-state index in [9.17, 15) is 9.90 Å². The van der Waals surface area contributed by atoms with Crippen LogP contribution in [0, 0.1) is 0 Å². The summed E-state index contributed by atoms with van der Waals surface area (Å²) in [6, 6.07) is 0. The molecule has 15 heavy (non-hydrogen) atoms. The summed E-state index contributed by atoms with van der Waals surface area (Å²) in [5, 5.41) is 13.5. The van der Waals surface area contributed by atoms with Crippen LogP contribution in [0.3, 0.4) is 0 Å². The van der Waals surface area contributed by atoms with Crippen LogP contribution in [0.15, 0.2) is 0 Å². The van der Waals surface area contributed by atoms with Gasteiger partial charge in [-0.15, -0.1) is 0 Å². The molecular formula is C10H20BrNO2S. The molecule has 0 aromatic carbocycles. The zero-order valence-corrected chi connectivity index (χ0v) is 11.8. The maximum atomic E-state index is 11.3. The highest BCUT2D eigenvalue weighted by molar-refractivity contribution is 9.09. The van der Waals surface area contributed by atoms with Gasteiger partial charge in [0.1, 0.15) is 0 Å². The first-order chi connectivity index (χ1) is 7.02. The molecule has 0 bridgehead atoms. The van der Waals surface area contributed by atoms with E-state index < -0.39 is 5.60 Å². The average molecular weight is 298 g/mol. The van der Waals surface area contributed by atoms with Gasteiger partial charge in [-0.1, -0.05) is 15.9 Å². The zero-order chi connectivity index (χ0) is 11.7. The van der Waals surface area contributed by atoms with Gasteiger partial charge in [0.25, 0.3) is 0 Å². The summed E-state index contributed by atoms with van der Waals surface area (Å²) in [5.41, 5.74) is -0.801. The Morgan fingerprint density at radius 1 is 1.53 bits per heavy atom. The van der Waals surface area contributed by atoms with E-state index in [-0.39, 0.29) is 5.91 Å². The number of nitrogens with one attached hydrogen (secondary N) is 1. The third-order valence-corrected chi connectivity index (χ3v) is 3.38. The van der Waals surface area contributed by atoms with Gasteiger partial charge in [0.2, 0.25) is 5.91 Å². The maximum Gasteiger partial charge on any atom is 0.220 e. The fourth-order valence-corrected chi connectivity index (χ4v) is 2.24. The summed E-state index contributed by atoms with van der Waals surface area (Å²) in [7, 11) is 0. The molecule has 0 aliphatic heterocycles. The van der Waals surface area contributed by atoms with Crippen molar-refractivity contribution in [3.63, 3.8) is 0 Å². The van der Waals surface area contributed by atoms with Gasteiger partial charge in [-0.3, -0.25) is 4.79 Å². The van der Waals surface area contributed by atoms with Crippen molar-refractivity contribution >= 4 is 33.6 Å². The van der Waals surface area contributed by atoms with Gasteiger partial charge in [0.05, 0.1) is 5.60 Å². The molecule has 90 valence electrons. The lowest BCUT2D eigenvalue weighted by atomic mass is 10.1. The van der Waals surface area contributed by atoms with E-state index in [2.05, 4.69) is 21.2 Å². The summed E-state index contributed by atoms with van der Waals surface area (Å²) in [6.07, 6.45) is 4.38. The molecule has 3 nitrogen and oxygen atoms in total. The Hall–Kier alpha value is 0.260. The lowest BCUT2D eigenvalue weighted by molar-refractivity contribution is -0.122. The van der Waals surface area contributed by atoms with Crippen molar-refractivity contribution in [2.24, 2.45) is 0 Å². The van der Waals surface area contributed by atoms with E-state index in [0.29, 0.717) is 18.7 Å². The SMILES string of the molecule is CSCC(C)(O)CNC(=O)CCCCBr. The van der Waals surface area contributed by atoms with Crippen LogP contribution in [0.2, 0.25) is 0 Å². The van der Waals surface area contributed by atoms with Crippen molar-refractivity contribution in [2.75, 3.05) is 23.9 Å². The summed E-state index contributed by atoms with van der Waals surface area (Å²) < 4.78 is 0. The Labute approximate surface area is 105 Å². The van der Waals surface area contributed by atoms with Crippen molar-refractivity contribution in [1.82, 2.24) is 5.32 Å². The summed E-state index contributed by atoms with van der Waals surface area (Å²) in [5.74, 6) is 0.659. The molecule has 0 aliphatic carbocycles. The first kappa shape index (κ1) is 15.3. The highest BCUT2D eigenvalue weighted by Gasteiger charge is 2.19. The fourth-order valence-electron chi connectivity index (χ4n) is 1.12. The van der Waals surface area contributed by atoms with Crippen LogP contribution < -0.4 is 5.32 Å². The molecule has 0 saturated carbocycles. The van der Waals surface area contributed by atoms with Gasteiger partial charge < -0.3 is 10.4 Å². The minimum absolute atomic E-state index is 0.0253. The van der Waals surface area contributed by atoms with Crippen LogP contribution in [-0.2, 0) is 4.79 Å². The highest BCUT2D eigenvalue weighted by Crippen LogP contribution is 2.09. The van der Waals surface area contributed by atoms with Gasteiger partial charge in [0.15, 0.2) is 0 Å². The number of amides is 1. The van der Waals surface area contributed by atoms with Crippen molar-refractivity contribution in [2.45, 2.75) is 31.8 Å². The number of hydrogen-bond donors (Lipinski definition) is 2. The van der Waals surface area contributed by atoms with E-state index in [4.69, 9.17) is 0 Å². The lowest BCUT2D eigenvalue weighted by Gasteiger charge is -2.22. The normalized spacial score (nSPS) is 14.7. The first-order valence-electron chi connectivity index (χ1n) is 5.06. The van der Waals surface area contributed by atoms with Gasteiger partial charge in [-0.25, -0.2) is 0 Å². The molecule has 1 amide bonds. The molecule has 0 rings (SSSR count). The number of hydrogen-bond acceptors (Lipinski definition) is 3. The van der Waals surface area contributed by atoms with Crippen molar-refractivity contribution in [1.29, 1.82) is 0 Å². The number of halogens is 1. The molecule has 1 atom stereocenters. The largest absolute Gasteiger partial charge is 0.387 e. The Balaban J connectivity index is 3.60. The van der Waals surface area contributed by atoms with E-state index in [1.807, 2.05) is 6.26 Å². The van der Waals surface area contributed by atoms with Crippen molar-refractivity contribution < 1.29 is 9.90 Å². The molecule has 0 aromatic heterocycles. The number of thioether (sulfide) groups is 1. The molecule has 0 radical (unpaired) electrons. The Morgan fingerprint density at radius 3 is 2.73 bits per heavy atom. The summed E-state index contributed by atoms with van der Waals surface area (Å²) in [4.78, 5) is 11.3. The fraction of sp³-hybridized carbons (Fsp3) is 0.900. The van der Waals surface area contributed by atoms with Crippen molar-refractivity contribution in [3.05, 3.63) is 0 Å². The van der Waals surface area contributed by atoms with Gasteiger partial charge >= 0.3 is 0 Å². The van der Waals surface area contributed by atoms with Gasteiger partial charge in [-0.05, 0) is 26.0 Å². The second-order valence-corrected chi connectivity index (χ2v) is 5.51. The van der Waals surface area contributed by atoms with Crippen LogP contribution >= 0.6 is 27.7 Å². The predicted molar refractivity (Wildman–Crippen MR) is 69.7 cm³/mol. The van der Waals surface area contributed by atoms with Gasteiger partial charge in [-0.2, -0.15) is 11.8 Å². The zero-order valence-electron chi connectivity index (χ0n) is 9.38. The molecule has 0 saturated heterocycles. The lowest BCUT2D eigenvalue weighted by Crippen LogP contribution is -2.42. The van der Waals surface area contributed by atoms with E-state index >= 15 is 0 Å². The Bertz CT molecular complexity index is 188. The number of rotatable bonds is 8. The summed E-state index contributed by atoms with van der Waals surface area (Å²) in [6.45, 7) is 2.07. The molecule has 0 fully saturated rings. The number of aliphatic hydroxyl groups is 1. The standard InChI is InChI=1S/C10H20BrNO2S/c1-10(14,8-15-2)7-12-9(13)5-3-4-6-11/h14H,3-8H2,1-2H3,(H,12,13). The number of alkyl halides is 1. The predicted octanol–water partition coefficient (Wildman–Crippen LogP) is 1.78. The molecule has 0 spiro atoms. The van der Waals surface area contributed by atoms with E-state index in [1.165, 1.54) is 0 Å². The maximum absolute atomic E-state index is 11.3. The smallest absolute Gasteiger partial charge is 0.220 e. The van der Waals surface area contributed by atoms with Crippen LogP contribution in [0.5, 0.6) is 0 Å². The quantitative estimate of drug-likeness (QED) is 0.530. The minimum atomic E-state index is -0.801. The molecule has 2 N–H and O–H groups in total. The third kappa shape index (κ3) is 9.20. The topological polar surface area (TPSA) is 49.3 Å². The highest BCUT2D eigenvalue weighted by atomic mass is 79.9. The average Bonchev–Trinajstić information content (AvgIpc) is 2.15. The second-order valence-electron chi connectivity index (χ2n) is 3.85. The first-order valence-corrected chi connectivity index (χ1v) is 7.57. The minimum Gasteiger partial charge on any atom is -0.387 e. The molecule has 1 unspecified atom stereocenters. The Kier molecular flexibility index (Phi) is 8.56. The Morgan fingerprint density at radius 2 is 2.20 bits per heavy atom. The third-order valence-electron chi connectivity index (χ3n) is 1.91. The number of carbonyl (C=O) groups excluding carboxylic acids is 1. The number of unbranched alkanes of at least 4 members (excludes halogenated alkanes) is 1. The number of carbonyl (C=O) groups is 1. The molecule has 0 aliphatic rings. The van der Waals surface area contributed by atoms with Gasteiger partial charge in [0, 0.05) is 24.0 Å². The van der Waals surface area contributed by atoms with E-state index in [1.54, 1.807) is 18.7 Å².